The van der Waals surface area contributed by atoms with Crippen molar-refractivity contribution in [3.8, 4) is 0 Å². The second-order valence-corrected chi connectivity index (χ2v) is 20.2. The fraction of sp³-hybridized carbons (Fsp3) is 1.00. The first-order valence-electron chi connectivity index (χ1n) is 13.5. The maximum atomic E-state index is 6.51. The fourth-order valence-electron chi connectivity index (χ4n) is 3.80. The Labute approximate surface area is 236 Å². The standard InChI is InChI=1S/C22H54O8S2Si4/c1-11-23-21(29-33(7)8,35(25-13-3)26-14-4)17-19-31-32-20-18-22(24-12-2,30-34(9)10)36(27-15-5)28-16-6/h33-36H,11-20H2,1-10H3. The highest BCUT2D eigenvalue weighted by Gasteiger charge is 2.47. The fourth-order valence-corrected chi connectivity index (χ4v) is 14.7. The molecule has 0 spiro atoms. The summed E-state index contributed by atoms with van der Waals surface area (Å²) >= 11 is 0. The van der Waals surface area contributed by atoms with Crippen LogP contribution in [0.15, 0.2) is 0 Å². The van der Waals surface area contributed by atoms with Crippen LogP contribution in [0.25, 0.3) is 0 Å². The van der Waals surface area contributed by atoms with Crippen LogP contribution in [0, 0.1) is 0 Å². The van der Waals surface area contributed by atoms with E-state index in [0.717, 1.165) is 24.3 Å². The Kier molecular flexibility index (Phi) is 22.8. The van der Waals surface area contributed by atoms with Gasteiger partial charge in [-0.05, 0) is 67.7 Å². The summed E-state index contributed by atoms with van der Waals surface area (Å²) in [6.45, 7) is 24.2. The van der Waals surface area contributed by atoms with Crippen molar-refractivity contribution in [3.63, 3.8) is 0 Å². The number of hydrogen-bond acceptors (Lipinski definition) is 10. The third kappa shape index (κ3) is 14.0. The lowest BCUT2D eigenvalue weighted by molar-refractivity contribution is -0.147. The first kappa shape index (κ1) is 37.2. The monoisotopic (exact) mass is 622 g/mol. The molecule has 0 aromatic heterocycles. The van der Waals surface area contributed by atoms with Gasteiger partial charge in [-0.15, -0.1) is 0 Å². The van der Waals surface area contributed by atoms with Gasteiger partial charge in [0.2, 0.25) is 0 Å². The van der Waals surface area contributed by atoms with Gasteiger partial charge in [-0.2, -0.15) is 0 Å². The summed E-state index contributed by atoms with van der Waals surface area (Å²) in [4.78, 5) is 0. The Bertz CT molecular complexity index is 474. The van der Waals surface area contributed by atoms with Crippen LogP contribution in [0.2, 0.25) is 26.2 Å². The van der Waals surface area contributed by atoms with Gasteiger partial charge in [0, 0.05) is 64.0 Å². The van der Waals surface area contributed by atoms with Crippen LogP contribution in [-0.2, 0) is 36.0 Å². The Hall–Kier alpha value is 1.25. The second kappa shape index (κ2) is 22.0. The van der Waals surface area contributed by atoms with Gasteiger partial charge in [-0.3, -0.25) is 0 Å². The minimum absolute atomic E-state index is 0.566. The van der Waals surface area contributed by atoms with E-state index in [0.29, 0.717) is 39.6 Å². The van der Waals surface area contributed by atoms with Crippen molar-refractivity contribution in [2.45, 2.75) is 91.4 Å². The Morgan fingerprint density at radius 2 is 0.806 bits per heavy atom. The molecule has 0 heterocycles. The van der Waals surface area contributed by atoms with E-state index in [9.17, 15) is 0 Å². The summed E-state index contributed by atoms with van der Waals surface area (Å²) in [7, 11) is -3.53. The molecule has 0 N–H and O–H groups in total. The van der Waals surface area contributed by atoms with Crippen LogP contribution < -0.4 is 0 Å². The van der Waals surface area contributed by atoms with Crippen LogP contribution in [0.5, 0.6) is 0 Å². The molecule has 2 unspecified atom stereocenters. The lowest BCUT2D eigenvalue weighted by Gasteiger charge is -2.39. The van der Waals surface area contributed by atoms with E-state index < -0.39 is 47.5 Å². The van der Waals surface area contributed by atoms with Crippen molar-refractivity contribution in [3.05, 3.63) is 0 Å². The van der Waals surface area contributed by atoms with Crippen molar-refractivity contribution < 1.29 is 36.0 Å². The molecule has 0 rings (SSSR count). The molecule has 8 nitrogen and oxygen atoms in total. The van der Waals surface area contributed by atoms with Gasteiger partial charge in [0.05, 0.1) is 0 Å². The molecular formula is C22H54O8S2Si4. The Morgan fingerprint density at radius 1 is 0.500 bits per heavy atom. The molecule has 0 bridgehead atoms. The third-order valence-corrected chi connectivity index (χ3v) is 14.6. The van der Waals surface area contributed by atoms with Gasteiger partial charge in [0.15, 0.2) is 28.9 Å². The SMILES string of the molecule is CCO[SiH](OCC)C(CCSSCCC(OCC)(O[SiH](C)C)[SiH](OCC)OCC)(OCC)O[SiH](C)C. The zero-order chi connectivity index (χ0) is 27.5. The molecule has 0 saturated carbocycles. The molecule has 0 aliphatic heterocycles. The highest BCUT2D eigenvalue weighted by molar-refractivity contribution is 8.76. The van der Waals surface area contributed by atoms with E-state index >= 15 is 0 Å². The Balaban J connectivity index is 5.32. The molecule has 2 atom stereocenters. The minimum Gasteiger partial charge on any atom is -0.394 e. The first-order valence-corrected chi connectivity index (χ1v) is 24.6. The largest absolute Gasteiger partial charge is 0.394 e. The average Bonchev–Trinajstić information content (AvgIpc) is 2.80. The lowest BCUT2D eigenvalue weighted by atomic mass is 10.4. The molecule has 0 radical (unpaired) electrons. The maximum Gasteiger partial charge on any atom is 0.382 e. The van der Waals surface area contributed by atoms with Crippen molar-refractivity contribution in [1.82, 2.24) is 0 Å². The van der Waals surface area contributed by atoms with Gasteiger partial charge >= 0.3 is 18.6 Å². The molecule has 14 heteroatoms. The summed E-state index contributed by atoms with van der Waals surface area (Å²) in [6.07, 6.45) is 1.48. The van der Waals surface area contributed by atoms with E-state index in [1.807, 2.05) is 63.1 Å². The molecule has 0 saturated heterocycles. The average molecular weight is 623 g/mol. The molecule has 0 aliphatic carbocycles. The minimum atomic E-state index is -2.20. The van der Waals surface area contributed by atoms with E-state index in [2.05, 4.69) is 26.2 Å². The summed E-state index contributed by atoms with van der Waals surface area (Å²) < 4.78 is 49.9. The van der Waals surface area contributed by atoms with E-state index in [4.69, 9.17) is 36.0 Å². The van der Waals surface area contributed by atoms with Crippen LogP contribution in [0.1, 0.15) is 54.4 Å². The van der Waals surface area contributed by atoms with E-state index in [-0.39, 0.29) is 0 Å². The third-order valence-electron chi connectivity index (χ3n) is 4.79. The van der Waals surface area contributed by atoms with Gasteiger partial charge in [0.1, 0.15) is 0 Å². The first-order chi connectivity index (χ1) is 17.2. The van der Waals surface area contributed by atoms with Crippen LogP contribution in [-0.4, -0.2) is 98.6 Å². The molecule has 218 valence electrons. The predicted octanol–water partition coefficient (Wildman–Crippen LogP) is 4.28. The van der Waals surface area contributed by atoms with Gasteiger partial charge in [-0.1, -0.05) is 21.6 Å². The molecular weight excluding hydrogens is 569 g/mol. The van der Waals surface area contributed by atoms with Gasteiger partial charge in [0.25, 0.3) is 0 Å². The molecule has 0 aromatic carbocycles. The summed E-state index contributed by atoms with van der Waals surface area (Å²) in [5, 5.41) is 0. The summed E-state index contributed by atoms with van der Waals surface area (Å²) in [5.41, 5.74) is -1.50. The van der Waals surface area contributed by atoms with Crippen LogP contribution in [0.4, 0.5) is 0 Å². The van der Waals surface area contributed by atoms with Crippen molar-refractivity contribution in [2.24, 2.45) is 0 Å². The molecule has 36 heavy (non-hydrogen) atoms. The van der Waals surface area contributed by atoms with Crippen molar-refractivity contribution in [1.29, 1.82) is 0 Å². The van der Waals surface area contributed by atoms with Crippen molar-refractivity contribution in [2.75, 3.05) is 51.1 Å². The zero-order valence-electron chi connectivity index (χ0n) is 24.5. The molecule has 0 amide bonds. The van der Waals surface area contributed by atoms with E-state index in [1.54, 1.807) is 0 Å². The zero-order valence-corrected chi connectivity index (χ0v) is 30.7. The molecule has 0 aromatic rings. The summed E-state index contributed by atoms with van der Waals surface area (Å²) in [5.74, 6) is 1.74. The summed E-state index contributed by atoms with van der Waals surface area (Å²) in [6, 6.07) is 0. The quantitative estimate of drug-likeness (QED) is 0.0638. The predicted molar refractivity (Wildman–Crippen MR) is 164 cm³/mol. The smallest absolute Gasteiger partial charge is 0.382 e. The lowest BCUT2D eigenvalue weighted by Crippen LogP contribution is -2.56. The van der Waals surface area contributed by atoms with Gasteiger partial charge in [-0.25, -0.2) is 0 Å². The number of rotatable bonds is 25. The highest BCUT2D eigenvalue weighted by atomic mass is 33.1. The molecule has 0 aliphatic rings. The highest BCUT2D eigenvalue weighted by Crippen LogP contribution is 2.34. The number of hydrogen-bond donors (Lipinski definition) is 0. The normalized spacial score (nSPS) is 15.8. The Morgan fingerprint density at radius 3 is 1.03 bits per heavy atom. The number of ether oxygens (including phenoxy) is 2. The second-order valence-electron chi connectivity index (χ2n) is 8.45. The maximum absolute atomic E-state index is 6.51. The van der Waals surface area contributed by atoms with E-state index in [1.165, 1.54) is 0 Å². The topological polar surface area (TPSA) is 73.8 Å². The molecule has 0 fully saturated rings. The van der Waals surface area contributed by atoms with Crippen LogP contribution in [0.3, 0.4) is 0 Å². The van der Waals surface area contributed by atoms with Crippen LogP contribution >= 0.6 is 21.6 Å². The van der Waals surface area contributed by atoms with Crippen molar-refractivity contribution >= 4 is 58.2 Å². The van der Waals surface area contributed by atoms with Gasteiger partial charge < -0.3 is 36.0 Å².